The molecule has 1 heteroatoms. The van der Waals surface area contributed by atoms with E-state index < -0.39 is 0 Å². The molecule has 0 amide bonds. The van der Waals surface area contributed by atoms with Crippen molar-refractivity contribution >= 4 is 11.9 Å². The van der Waals surface area contributed by atoms with Crippen LogP contribution < -0.4 is 0 Å². The molecule has 15 heavy (non-hydrogen) atoms. The zero-order chi connectivity index (χ0) is 10.3. The third-order valence-corrected chi connectivity index (χ3v) is 3.55. The van der Waals surface area contributed by atoms with Gasteiger partial charge in [0, 0.05) is 6.42 Å². The molecule has 1 saturated carbocycles. The van der Waals surface area contributed by atoms with Crippen LogP contribution >= 0.6 is 0 Å². The highest BCUT2D eigenvalue weighted by Crippen LogP contribution is 2.35. The van der Waals surface area contributed by atoms with Crippen molar-refractivity contribution in [1.29, 1.82) is 0 Å². The maximum atomic E-state index is 11.8. The first-order chi connectivity index (χ1) is 7.34. The molecule has 2 aliphatic rings. The molecule has 0 saturated heterocycles. The zero-order valence-electron chi connectivity index (χ0n) is 8.70. The van der Waals surface area contributed by atoms with Gasteiger partial charge in [-0.25, -0.2) is 0 Å². The third kappa shape index (κ3) is 1.43. The van der Waals surface area contributed by atoms with E-state index in [0.29, 0.717) is 11.7 Å². The summed E-state index contributed by atoms with van der Waals surface area (Å²) < 4.78 is 0. The largest absolute Gasteiger partial charge is 0.295 e. The van der Waals surface area contributed by atoms with E-state index in [0.717, 1.165) is 24.8 Å². The number of Topliss-reactive ketones (excluding diaryl/α,β-unsaturated/α-hetero) is 1. The van der Waals surface area contributed by atoms with Gasteiger partial charge < -0.3 is 0 Å². The fourth-order valence-corrected chi connectivity index (χ4v) is 2.74. The molecule has 2 aliphatic carbocycles. The van der Waals surface area contributed by atoms with Crippen LogP contribution in [0.25, 0.3) is 6.08 Å². The van der Waals surface area contributed by atoms with Crippen molar-refractivity contribution in [2.75, 3.05) is 0 Å². The fraction of sp³-hybridized carbons (Fsp3) is 0.357. The molecule has 1 aromatic carbocycles. The number of allylic oxidation sites excluding steroid dienone is 1. The van der Waals surface area contributed by atoms with Gasteiger partial charge in [-0.15, -0.1) is 0 Å². The molecule has 1 unspecified atom stereocenters. The quantitative estimate of drug-likeness (QED) is 0.626. The predicted octanol–water partition coefficient (Wildman–Crippen LogP) is 3.00. The van der Waals surface area contributed by atoms with Crippen molar-refractivity contribution in [3.8, 4) is 0 Å². The van der Waals surface area contributed by atoms with E-state index in [9.17, 15) is 4.79 Å². The van der Waals surface area contributed by atoms with Crippen LogP contribution in [0.5, 0.6) is 0 Å². The van der Waals surface area contributed by atoms with Crippen molar-refractivity contribution < 1.29 is 4.79 Å². The summed E-state index contributed by atoms with van der Waals surface area (Å²) in [5.41, 5.74) is 3.74. The Morgan fingerprint density at radius 3 is 3.00 bits per heavy atom. The Morgan fingerprint density at radius 1 is 1.20 bits per heavy atom. The lowest BCUT2D eigenvalue weighted by atomic mass is 9.75. The first-order valence-electron chi connectivity index (χ1n) is 5.67. The van der Waals surface area contributed by atoms with Crippen molar-refractivity contribution in [2.45, 2.75) is 25.7 Å². The van der Waals surface area contributed by atoms with E-state index >= 15 is 0 Å². The van der Waals surface area contributed by atoms with Gasteiger partial charge in [0.25, 0.3) is 0 Å². The molecule has 1 atom stereocenters. The number of carbonyl (C=O) groups excluding carboxylic acids is 1. The normalized spacial score (nSPS) is 24.1. The zero-order valence-corrected chi connectivity index (χ0v) is 8.70. The Balaban J connectivity index is 2.08. The van der Waals surface area contributed by atoms with Crippen molar-refractivity contribution in [1.82, 2.24) is 0 Å². The van der Waals surface area contributed by atoms with Gasteiger partial charge in [0.15, 0.2) is 5.78 Å². The highest BCUT2D eigenvalue weighted by Gasteiger charge is 2.28. The number of carbonyl (C=O) groups is 1. The number of hydrogen-bond donors (Lipinski definition) is 0. The van der Waals surface area contributed by atoms with Crippen LogP contribution in [0.15, 0.2) is 29.8 Å². The Morgan fingerprint density at radius 2 is 2.07 bits per heavy atom. The second-order valence-corrected chi connectivity index (χ2v) is 4.51. The van der Waals surface area contributed by atoms with E-state index in [4.69, 9.17) is 0 Å². The van der Waals surface area contributed by atoms with Crippen LogP contribution in [0.3, 0.4) is 0 Å². The predicted molar refractivity (Wildman–Crippen MR) is 60.5 cm³/mol. The molecule has 0 aromatic heterocycles. The van der Waals surface area contributed by atoms with Crippen LogP contribution in [-0.4, -0.2) is 5.78 Å². The number of ketones is 1. The highest BCUT2D eigenvalue weighted by atomic mass is 16.1. The molecule has 0 radical (unpaired) electrons. The Bertz CT molecular complexity index is 442. The van der Waals surface area contributed by atoms with Crippen molar-refractivity contribution in [3.05, 3.63) is 41.0 Å². The first-order valence-corrected chi connectivity index (χ1v) is 5.67. The SMILES string of the molecule is O=C1CCCC2Cc3ccccc3C=C12. The number of fused-ring (bicyclic) bond motifs is 2. The minimum Gasteiger partial charge on any atom is -0.295 e. The van der Waals surface area contributed by atoms with Gasteiger partial charge >= 0.3 is 0 Å². The number of hydrogen-bond acceptors (Lipinski definition) is 1. The Hall–Kier alpha value is -1.37. The summed E-state index contributed by atoms with van der Waals surface area (Å²) in [7, 11) is 0. The Labute approximate surface area is 89.8 Å². The maximum absolute atomic E-state index is 11.8. The third-order valence-electron chi connectivity index (χ3n) is 3.55. The topological polar surface area (TPSA) is 17.1 Å². The van der Waals surface area contributed by atoms with Crippen LogP contribution in [-0.2, 0) is 11.2 Å². The lowest BCUT2D eigenvalue weighted by molar-refractivity contribution is -0.117. The number of benzene rings is 1. The lowest BCUT2D eigenvalue weighted by Gasteiger charge is -2.28. The molecule has 0 aliphatic heterocycles. The van der Waals surface area contributed by atoms with Crippen LogP contribution in [0, 0.1) is 5.92 Å². The maximum Gasteiger partial charge on any atom is 0.159 e. The van der Waals surface area contributed by atoms with Gasteiger partial charge in [-0.2, -0.15) is 0 Å². The molecule has 76 valence electrons. The first kappa shape index (κ1) is 8.90. The fourth-order valence-electron chi connectivity index (χ4n) is 2.74. The van der Waals surface area contributed by atoms with Crippen LogP contribution in [0.1, 0.15) is 30.4 Å². The summed E-state index contributed by atoms with van der Waals surface area (Å²) in [5.74, 6) is 0.877. The van der Waals surface area contributed by atoms with Crippen molar-refractivity contribution in [3.63, 3.8) is 0 Å². The lowest BCUT2D eigenvalue weighted by Crippen LogP contribution is -2.23. The molecule has 1 nitrogen and oxygen atoms in total. The molecule has 0 heterocycles. The van der Waals surface area contributed by atoms with E-state index in [1.807, 2.05) is 6.07 Å². The summed E-state index contributed by atoms with van der Waals surface area (Å²) >= 11 is 0. The molecule has 1 aromatic rings. The van der Waals surface area contributed by atoms with Crippen LogP contribution in [0.4, 0.5) is 0 Å². The summed E-state index contributed by atoms with van der Waals surface area (Å²) in [6.07, 6.45) is 6.19. The smallest absolute Gasteiger partial charge is 0.159 e. The van der Waals surface area contributed by atoms with Gasteiger partial charge in [-0.05, 0) is 48.0 Å². The van der Waals surface area contributed by atoms with E-state index in [2.05, 4.69) is 24.3 Å². The molecular formula is C14H14O. The molecule has 1 fully saturated rings. The van der Waals surface area contributed by atoms with E-state index in [1.54, 1.807) is 0 Å². The average Bonchev–Trinajstić information content (AvgIpc) is 2.27. The van der Waals surface area contributed by atoms with Gasteiger partial charge in [-0.3, -0.25) is 4.79 Å². The van der Waals surface area contributed by atoms with Crippen molar-refractivity contribution in [2.24, 2.45) is 5.92 Å². The molecule has 3 rings (SSSR count). The molecule has 0 spiro atoms. The standard InChI is InChI=1S/C14H14O/c15-14-7-3-6-12-8-10-4-1-2-5-11(10)9-13(12)14/h1-2,4-5,9,12H,3,6-8H2. The van der Waals surface area contributed by atoms with E-state index in [-0.39, 0.29) is 0 Å². The van der Waals surface area contributed by atoms with Gasteiger partial charge in [0.1, 0.15) is 0 Å². The second kappa shape index (κ2) is 3.34. The molecule has 0 N–H and O–H groups in total. The van der Waals surface area contributed by atoms with Gasteiger partial charge in [0.05, 0.1) is 0 Å². The van der Waals surface area contributed by atoms with E-state index in [1.165, 1.54) is 17.5 Å². The summed E-state index contributed by atoms with van der Waals surface area (Å²) in [4.78, 5) is 11.8. The minimum atomic E-state index is 0.376. The molecule has 0 bridgehead atoms. The van der Waals surface area contributed by atoms with Gasteiger partial charge in [0.2, 0.25) is 0 Å². The second-order valence-electron chi connectivity index (χ2n) is 4.51. The number of rotatable bonds is 0. The average molecular weight is 198 g/mol. The highest BCUT2D eigenvalue weighted by molar-refractivity contribution is 6.01. The summed E-state index contributed by atoms with van der Waals surface area (Å²) in [6, 6.07) is 8.42. The molecular weight excluding hydrogens is 184 g/mol. The Kier molecular flexibility index (Phi) is 1.98. The van der Waals surface area contributed by atoms with Crippen LogP contribution in [0.2, 0.25) is 0 Å². The monoisotopic (exact) mass is 198 g/mol. The summed E-state index contributed by atoms with van der Waals surface area (Å²) in [6.45, 7) is 0. The van der Waals surface area contributed by atoms with Gasteiger partial charge in [-0.1, -0.05) is 24.3 Å². The summed E-state index contributed by atoms with van der Waals surface area (Å²) in [5, 5.41) is 0. The minimum absolute atomic E-state index is 0.376.